The Balaban J connectivity index is 4.25. The molecule has 5 nitrogen and oxygen atoms in total. The summed E-state index contributed by atoms with van der Waals surface area (Å²) in [6.45, 7) is 5.86. The molecule has 0 aromatic carbocycles. The van der Waals surface area contributed by atoms with Gasteiger partial charge in [-0.3, -0.25) is 5.41 Å². The third kappa shape index (κ3) is 5.05. The van der Waals surface area contributed by atoms with Crippen molar-refractivity contribution in [2.24, 2.45) is 16.5 Å². The van der Waals surface area contributed by atoms with Crippen molar-refractivity contribution in [2.75, 3.05) is 13.1 Å². The number of rotatable bonds is 4. The van der Waals surface area contributed by atoms with Crippen molar-refractivity contribution >= 4 is 11.9 Å². The van der Waals surface area contributed by atoms with Gasteiger partial charge in [0.25, 0.3) is 0 Å². The van der Waals surface area contributed by atoms with Gasteiger partial charge in [-0.1, -0.05) is 13.8 Å². The van der Waals surface area contributed by atoms with E-state index in [1.54, 1.807) is 0 Å². The quantitative estimate of drug-likeness (QED) is 0.435. The van der Waals surface area contributed by atoms with Crippen LogP contribution in [0.1, 0.15) is 26.7 Å². The maximum Gasteiger partial charge on any atom is 0.215 e. The first-order valence-corrected chi connectivity index (χ1v) is 4.54. The zero-order valence-electron chi connectivity index (χ0n) is 8.38. The molecule has 13 heavy (non-hydrogen) atoms. The summed E-state index contributed by atoms with van der Waals surface area (Å²) in [5.74, 6) is 0.103. The first kappa shape index (κ1) is 11.7. The van der Waals surface area contributed by atoms with E-state index in [2.05, 4.69) is 18.8 Å². The molecule has 0 bridgehead atoms. The molecule has 0 saturated heterocycles. The molecule has 5 N–H and O–H groups in total. The van der Waals surface area contributed by atoms with E-state index in [-0.39, 0.29) is 5.96 Å². The summed E-state index contributed by atoms with van der Waals surface area (Å²) in [5, 5.41) is 6.97. The lowest BCUT2D eigenvalue weighted by molar-refractivity contribution is 0.413. The topological polar surface area (TPSA) is 91.5 Å². The molecule has 0 fully saturated rings. The molecule has 0 radical (unpaired) electrons. The Morgan fingerprint density at radius 1 is 1.23 bits per heavy atom. The van der Waals surface area contributed by atoms with Gasteiger partial charge in [-0.05, 0) is 12.8 Å². The zero-order chi connectivity index (χ0) is 10.3. The molecule has 0 amide bonds. The Hall–Kier alpha value is -1.26. The van der Waals surface area contributed by atoms with Gasteiger partial charge < -0.3 is 16.4 Å². The number of nitrogens with one attached hydrogen (secondary N) is 1. The lowest BCUT2D eigenvalue weighted by Crippen LogP contribution is -2.39. The molecule has 0 aliphatic rings. The predicted octanol–water partition coefficient (Wildman–Crippen LogP) is 0.317. The van der Waals surface area contributed by atoms with Crippen LogP contribution < -0.4 is 11.5 Å². The van der Waals surface area contributed by atoms with Crippen LogP contribution in [0.5, 0.6) is 0 Å². The van der Waals surface area contributed by atoms with Crippen LogP contribution in [0.15, 0.2) is 4.99 Å². The molecular formula is C8H19N5. The number of hydrogen-bond acceptors (Lipinski definition) is 1. The fourth-order valence-corrected chi connectivity index (χ4v) is 1.07. The van der Waals surface area contributed by atoms with Crippen molar-refractivity contribution < 1.29 is 0 Å². The van der Waals surface area contributed by atoms with E-state index in [1.165, 1.54) is 0 Å². The average Bonchev–Trinajstić information content (AvgIpc) is 2.02. The van der Waals surface area contributed by atoms with Gasteiger partial charge >= 0.3 is 0 Å². The molecule has 76 valence electrons. The molecule has 0 aliphatic heterocycles. The third-order valence-electron chi connectivity index (χ3n) is 1.55. The van der Waals surface area contributed by atoms with Crippen molar-refractivity contribution in [3.63, 3.8) is 0 Å². The average molecular weight is 185 g/mol. The fraction of sp³-hybridized carbons (Fsp3) is 0.750. The molecule has 0 saturated carbocycles. The summed E-state index contributed by atoms with van der Waals surface area (Å²) in [5.41, 5.74) is 10.8. The van der Waals surface area contributed by atoms with E-state index < -0.39 is 0 Å². The van der Waals surface area contributed by atoms with Crippen LogP contribution in [-0.4, -0.2) is 29.9 Å². The van der Waals surface area contributed by atoms with E-state index in [1.807, 2.05) is 4.90 Å². The molecule has 0 heterocycles. The lowest BCUT2D eigenvalue weighted by Gasteiger charge is -2.21. The highest BCUT2D eigenvalue weighted by Crippen LogP contribution is 1.93. The van der Waals surface area contributed by atoms with Crippen molar-refractivity contribution in [1.29, 1.82) is 5.41 Å². The summed E-state index contributed by atoms with van der Waals surface area (Å²) >= 11 is 0. The molecule has 0 rings (SSSR count). The fourth-order valence-electron chi connectivity index (χ4n) is 1.07. The number of hydrogen-bond donors (Lipinski definition) is 3. The normalized spacial score (nSPS) is 11.4. The highest BCUT2D eigenvalue weighted by atomic mass is 15.3. The Bertz CT molecular complexity index is 181. The minimum Gasteiger partial charge on any atom is -0.369 e. The zero-order valence-corrected chi connectivity index (χ0v) is 8.38. The molecular weight excluding hydrogens is 166 g/mol. The van der Waals surface area contributed by atoms with Gasteiger partial charge in [-0.15, -0.1) is 0 Å². The molecule has 0 aromatic rings. The number of nitrogens with zero attached hydrogens (tertiary/aromatic N) is 2. The van der Waals surface area contributed by atoms with E-state index in [0.717, 1.165) is 25.9 Å². The summed E-state index contributed by atoms with van der Waals surface area (Å²) in [7, 11) is 0. The first-order valence-electron chi connectivity index (χ1n) is 4.54. The van der Waals surface area contributed by atoms with E-state index >= 15 is 0 Å². The number of aliphatic imine (C=N–C) groups is 1. The second-order valence-corrected chi connectivity index (χ2v) is 2.84. The van der Waals surface area contributed by atoms with Crippen LogP contribution in [-0.2, 0) is 0 Å². The minimum absolute atomic E-state index is 0.241. The van der Waals surface area contributed by atoms with Crippen LogP contribution in [0.25, 0.3) is 0 Å². The standard InChI is InChI=1S/C8H19N5/c1-3-5-13(6-4-2)8(11)12-7(9)10/h3-6H2,1-2H3,(H5,9,10,11,12). The smallest absolute Gasteiger partial charge is 0.215 e. The maximum atomic E-state index is 6.97. The van der Waals surface area contributed by atoms with Crippen LogP contribution in [0.2, 0.25) is 0 Å². The SMILES string of the molecule is CCCN(CCC)C(N)=NC(=N)N. The second kappa shape index (κ2) is 6.28. The van der Waals surface area contributed by atoms with Gasteiger partial charge in [0, 0.05) is 13.1 Å². The summed E-state index contributed by atoms with van der Waals surface area (Å²) < 4.78 is 0. The van der Waals surface area contributed by atoms with Crippen LogP contribution in [0.3, 0.4) is 0 Å². The van der Waals surface area contributed by atoms with E-state index in [4.69, 9.17) is 16.9 Å². The first-order chi connectivity index (χ1) is 6.11. The Morgan fingerprint density at radius 2 is 1.69 bits per heavy atom. The van der Waals surface area contributed by atoms with Crippen LogP contribution in [0.4, 0.5) is 0 Å². The van der Waals surface area contributed by atoms with Crippen molar-refractivity contribution in [2.45, 2.75) is 26.7 Å². The van der Waals surface area contributed by atoms with Crippen LogP contribution >= 0.6 is 0 Å². The number of nitrogens with two attached hydrogens (primary N) is 2. The summed E-state index contributed by atoms with van der Waals surface area (Å²) in [4.78, 5) is 5.63. The van der Waals surface area contributed by atoms with Gasteiger partial charge in [-0.25, -0.2) is 0 Å². The van der Waals surface area contributed by atoms with Gasteiger partial charge in [0.1, 0.15) is 0 Å². The molecule has 0 spiro atoms. The lowest BCUT2D eigenvalue weighted by atomic mass is 10.4. The highest BCUT2D eigenvalue weighted by molar-refractivity contribution is 5.91. The molecule has 0 atom stereocenters. The summed E-state index contributed by atoms with van der Waals surface area (Å²) in [6, 6.07) is 0. The number of guanidine groups is 2. The highest BCUT2D eigenvalue weighted by Gasteiger charge is 2.04. The Labute approximate surface area is 79.3 Å². The van der Waals surface area contributed by atoms with E-state index in [9.17, 15) is 0 Å². The van der Waals surface area contributed by atoms with Crippen molar-refractivity contribution in [1.82, 2.24) is 4.90 Å². The van der Waals surface area contributed by atoms with Gasteiger partial charge in [0.05, 0.1) is 0 Å². The Kier molecular flexibility index (Phi) is 5.67. The maximum absolute atomic E-state index is 6.97. The Morgan fingerprint density at radius 3 is 2.00 bits per heavy atom. The van der Waals surface area contributed by atoms with Crippen LogP contribution in [0, 0.1) is 5.41 Å². The minimum atomic E-state index is -0.241. The molecule has 0 aromatic heterocycles. The van der Waals surface area contributed by atoms with E-state index in [0.29, 0.717) is 5.96 Å². The second-order valence-electron chi connectivity index (χ2n) is 2.84. The van der Waals surface area contributed by atoms with Gasteiger partial charge in [0.15, 0.2) is 5.96 Å². The molecule has 0 unspecified atom stereocenters. The summed E-state index contributed by atoms with van der Waals surface area (Å²) in [6.07, 6.45) is 2.02. The molecule has 5 heteroatoms. The monoisotopic (exact) mass is 185 g/mol. The molecule has 0 aliphatic carbocycles. The van der Waals surface area contributed by atoms with Gasteiger partial charge in [-0.2, -0.15) is 4.99 Å². The largest absolute Gasteiger partial charge is 0.369 e. The van der Waals surface area contributed by atoms with Crippen molar-refractivity contribution in [3.05, 3.63) is 0 Å². The third-order valence-corrected chi connectivity index (χ3v) is 1.55. The van der Waals surface area contributed by atoms with Gasteiger partial charge in [0.2, 0.25) is 5.96 Å². The van der Waals surface area contributed by atoms with Crippen molar-refractivity contribution in [3.8, 4) is 0 Å². The predicted molar refractivity (Wildman–Crippen MR) is 55.7 cm³/mol.